The molecule has 48 valence electrons. The van der Waals surface area contributed by atoms with E-state index in [0.29, 0.717) is 6.04 Å². The molecule has 0 aliphatic heterocycles. The van der Waals surface area contributed by atoms with Gasteiger partial charge in [-0.15, -0.1) is 0 Å². The largest absolute Gasteiger partial charge is 0.330 e. The molecule has 0 aromatic rings. The average molecular weight is 114 g/mol. The predicted molar refractivity (Wildman–Crippen MR) is 34.4 cm³/mol. The molecule has 0 aromatic heterocycles. The average Bonchev–Trinajstić information content (AvgIpc) is 1.64. The number of rotatable bonds is 2. The van der Waals surface area contributed by atoms with Crippen molar-refractivity contribution in [3.63, 3.8) is 0 Å². The van der Waals surface area contributed by atoms with Crippen molar-refractivity contribution in [2.45, 2.75) is 25.3 Å². The van der Waals surface area contributed by atoms with Gasteiger partial charge < -0.3 is 11.5 Å². The lowest BCUT2D eigenvalue weighted by molar-refractivity contribution is 0.253. The van der Waals surface area contributed by atoms with E-state index in [2.05, 4.69) is 0 Å². The molecule has 0 bridgehead atoms. The van der Waals surface area contributed by atoms with Crippen molar-refractivity contribution in [3.05, 3.63) is 0 Å². The van der Waals surface area contributed by atoms with Crippen LogP contribution < -0.4 is 11.5 Å². The molecule has 1 saturated carbocycles. The van der Waals surface area contributed by atoms with Crippen LogP contribution in [-0.4, -0.2) is 12.6 Å². The zero-order valence-electron chi connectivity index (χ0n) is 5.14. The fourth-order valence-electron chi connectivity index (χ4n) is 1.26. The molecule has 1 rings (SSSR count). The van der Waals surface area contributed by atoms with E-state index in [-0.39, 0.29) is 0 Å². The summed E-state index contributed by atoms with van der Waals surface area (Å²) in [7, 11) is 0. The third-order valence-corrected chi connectivity index (χ3v) is 1.85. The van der Waals surface area contributed by atoms with Crippen molar-refractivity contribution in [1.29, 1.82) is 0 Å². The minimum absolute atomic E-state index is 0.492. The van der Waals surface area contributed by atoms with E-state index in [4.69, 9.17) is 11.5 Å². The van der Waals surface area contributed by atoms with Gasteiger partial charge in [-0.1, -0.05) is 0 Å². The quantitative estimate of drug-likeness (QED) is 0.534. The standard InChI is InChI=1S/C6H14N2/c7-2-1-5-3-6(8)4-5/h5-6H,1-4,7-8H2. The van der Waals surface area contributed by atoms with E-state index in [1.165, 1.54) is 19.3 Å². The summed E-state index contributed by atoms with van der Waals surface area (Å²) in [6.45, 7) is 0.831. The molecule has 0 amide bonds. The van der Waals surface area contributed by atoms with Gasteiger partial charge in [-0.25, -0.2) is 0 Å². The zero-order valence-corrected chi connectivity index (χ0v) is 5.14. The zero-order chi connectivity index (χ0) is 5.98. The Morgan fingerprint density at radius 3 is 2.38 bits per heavy atom. The Morgan fingerprint density at radius 2 is 2.00 bits per heavy atom. The van der Waals surface area contributed by atoms with Crippen LogP contribution in [-0.2, 0) is 0 Å². The predicted octanol–water partition coefficient (Wildman–Crippen LogP) is 0.0725. The maximum Gasteiger partial charge on any atom is 0.00441 e. The second-order valence-electron chi connectivity index (χ2n) is 2.67. The van der Waals surface area contributed by atoms with Gasteiger partial charge in [0, 0.05) is 6.04 Å². The molecule has 0 unspecified atom stereocenters. The number of nitrogens with two attached hydrogens (primary N) is 2. The van der Waals surface area contributed by atoms with Crippen LogP contribution in [0, 0.1) is 5.92 Å². The maximum atomic E-state index is 5.56. The molecule has 0 heterocycles. The molecule has 1 aliphatic rings. The molecule has 1 aliphatic carbocycles. The highest BCUT2D eigenvalue weighted by Gasteiger charge is 2.24. The molecule has 0 spiro atoms. The second kappa shape index (κ2) is 2.46. The first-order valence-electron chi connectivity index (χ1n) is 3.28. The smallest absolute Gasteiger partial charge is 0.00441 e. The first-order chi connectivity index (χ1) is 3.83. The van der Waals surface area contributed by atoms with Gasteiger partial charge in [-0.3, -0.25) is 0 Å². The molecule has 0 aromatic carbocycles. The van der Waals surface area contributed by atoms with E-state index in [1.807, 2.05) is 0 Å². The summed E-state index contributed by atoms with van der Waals surface area (Å²) in [5.74, 6) is 0.856. The van der Waals surface area contributed by atoms with Gasteiger partial charge in [0.2, 0.25) is 0 Å². The SMILES string of the molecule is NCCC1CC(N)C1. The van der Waals surface area contributed by atoms with E-state index < -0.39 is 0 Å². The van der Waals surface area contributed by atoms with Crippen molar-refractivity contribution < 1.29 is 0 Å². The van der Waals surface area contributed by atoms with E-state index in [9.17, 15) is 0 Å². The Labute approximate surface area is 50.2 Å². The third kappa shape index (κ3) is 1.20. The van der Waals surface area contributed by atoms with Gasteiger partial charge in [-0.05, 0) is 31.7 Å². The van der Waals surface area contributed by atoms with Gasteiger partial charge in [0.1, 0.15) is 0 Å². The molecule has 2 nitrogen and oxygen atoms in total. The highest BCUT2D eigenvalue weighted by molar-refractivity contribution is 4.81. The molecular weight excluding hydrogens is 100 g/mol. The Bertz CT molecular complexity index is 64.2. The molecule has 0 saturated heterocycles. The van der Waals surface area contributed by atoms with Gasteiger partial charge in [0.05, 0.1) is 0 Å². The van der Waals surface area contributed by atoms with Crippen LogP contribution in [0.1, 0.15) is 19.3 Å². The number of hydrogen-bond acceptors (Lipinski definition) is 2. The van der Waals surface area contributed by atoms with E-state index >= 15 is 0 Å². The fourth-order valence-corrected chi connectivity index (χ4v) is 1.26. The van der Waals surface area contributed by atoms with Crippen molar-refractivity contribution in [2.75, 3.05) is 6.54 Å². The molecule has 4 N–H and O–H groups in total. The Morgan fingerprint density at radius 1 is 1.38 bits per heavy atom. The topological polar surface area (TPSA) is 52.0 Å². The summed E-state index contributed by atoms with van der Waals surface area (Å²) in [5, 5.41) is 0. The Balaban J connectivity index is 1.98. The summed E-state index contributed by atoms with van der Waals surface area (Å²) in [6, 6.07) is 0.492. The lowest BCUT2D eigenvalue weighted by Gasteiger charge is -2.31. The lowest BCUT2D eigenvalue weighted by Crippen LogP contribution is -2.37. The first-order valence-corrected chi connectivity index (χ1v) is 3.28. The molecule has 0 atom stereocenters. The van der Waals surface area contributed by atoms with E-state index in [1.54, 1.807) is 0 Å². The normalized spacial score (nSPS) is 36.8. The highest BCUT2D eigenvalue weighted by Crippen LogP contribution is 2.27. The van der Waals surface area contributed by atoms with Crippen LogP contribution in [0.3, 0.4) is 0 Å². The Kier molecular flexibility index (Phi) is 1.86. The molecule has 8 heavy (non-hydrogen) atoms. The van der Waals surface area contributed by atoms with Crippen molar-refractivity contribution in [3.8, 4) is 0 Å². The van der Waals surface area contributed by atoms with Crippen LogP contribution in [0.25, 0.3) is 0 Å². The van der Waals surface area contributed by atoms with Crippen molar-refractivity contribution in [1.82, 2.24) is 0 Å². The summed E-state index contributed by atoms with van der Waals surface area (Å²) in [5.41, 5.74) is 10.9. The monoisotopic (exact) mass is 114 g/mol. The summed E-state index contributed by atoms with van der Waals surface area (Å²) < 4.78 is 0. The first kappa shape index (κ1) is 6.05. The van der Waals surface area contributed by atoms with Gasteiger partial charge >= 0.3 is 0 Å². The maximum absolute atomic E-state index is 5.56. The van der Waals surface area contributed by atoms with Crippen molar-refractivity contribution >= 4 is 0 Å². The van der Waals surface area contributed by atoms with Crippen LogP contribution in [0.2, 0.25) is 0 Å². The molecular formula is C6H14N2. The minimum atomic E-state index is 0.492. The summed E-state index contributed by atoms with van der Waals surface area (Å²) in [6.07, 6.45) is 3.59. The van der Waals surface area contributed by atoms with Crippen molar-refractivity contribution in [2.24, 2.45) is 17.4 Å². The fraction of sp³-hybridized carbons (Fsp3) is 1.00. The third-order valence-electron chi connectivity index (χ3n) is 1.85. The highest BCUT2D eigenvalue weighted by atomic mass is 14.7. The second-order valence-corrected chi connectivity index (χ2v) is 2.67. The van der Waals surface area contributed by atoms with E-state index in [0.717, 1.165) is 12.5 Å². The van der Waals surface area contributed by atoms with Gasteiger partial charge in [-0.2, -0.15) is 0 Å². The van der Waals surface area contributed by atoms with Crippen LogP contribution in [0.4, 0.5) is 0 Å². The van der Waals surface area contributed by atoms with Crippen LogP contribution in [0.5, 0.6) is 0 Å². The lowest BCUT2D eigenvalue weighted by atomic mass is 9.79. The Hall–Kier alpha value is -0.0800. The molecule has 2 heteroatoms. The summed E-state index contributed by atoms with van der Waals surface area (Å²) >= 11 is 0. The van der Waals surface area contributed by atoms with Gasteiger partial charge in [0.25, 0.3) is 0 Å². The molecule has 1 fully saturated rings. The molecule has 0 radical (unpaired) electrons. The summed E-state index contributed by atoms with van der Waals surface area (Å²) in [4.78, 5) is 0. The van der Waals surface area contributed by atoms with Gasteiger partial charge in [0.15, 0.2) is 0 Å². The van der Waals surface area contributed by atoms with Crippen LogP contribution in [0.15, 0.2) is 0 Å². The minimum Gasteiger partial charge on any atom is -0.330 e. The number of hydrogen-bond donors (Lipinski definition) is 2. The van der Waals surface area contributed by atoms with Crippen LogP contribution >= 0.6 is 0 Å².